The highest BCUT2D eigenvalue weighted by Crippen LogP contribution is 2.31. The van der Waals surface area contributed by atoms with Gasteiger partial charge in [-0.15, -0.1) is 0 Å². The summed E-state index contributed by atoms with van der Waals surface area (Å²) in [5.74, 6) is -1.89. The zero-order valence-corrected chi connectivity index (χ0v) is 10.3. The average molecular weight is 261 g/mol. The first-order valence-corrected chi connectivity index (χ1v) is 7.38. The van der Waals surface area contributed by atoms with Crippen molar-refractivity contribution in [1.82, 2.24) is 4.90 Å². The Morgan fingerprint density at radius 1 is 1.47 bits per heavy atom. The summed E-state index contributed by atoms with van der Waals surface area (Å²) in [7, 11) is -3.06. The SMILES string of the molecule is CC1C(C(=O)O)CC(=O)N1C1CCS(=O)(=O)C1. The molecule has 0 aromatic carbocycles. The van der Waals surface area contributed by atoms with Gasteiger partial charge in [-0.25, -0.2) is 8.42 Å². The predicted octanol–water partition coefficient (Wildman–Crippen LogP) is -0.505. The molecule has 6 nitrogen and oxygen atoms in total. The molecule has 0 bridgehead atoms. The summed E-state index contributed by atoms with van der Waals surface area (Å²) in [6.07, 6.45) is 0.401. The summed E-state index contributed by atoms with van der Waals surface area (Å²) in [6, 6.07) is -0.759. The van der Waals surface area contributed by atoms with Crippen LogP contribution < -0.4 is 0 Å². The van der Waals surface area contributed by atoms with Gasteiger partial charge in [0.1, 0.15) is 0 Å². The second-order valence-corrected chi connectivity index (χ2v) is 6.98. The Labute approximate surface area is 99.5 Å². The number of carboxylic acid groups (broad SMARTS) is 1. The van der Waals surface area contributed by atoms with Gasteiger partial charge in [0.05, 0.1) is 17.4 Å². The molecule has 96 valence electrons. The third kappa shape index (κ3) is 2.15. The predicted molar refractivity (Wildman–Crippen MR) is 59.1 cm³/mol. The first kappa shape index (κ1) is 12.3. The molecule has 2 aliphatic rings. The van der Waals surface area contributed by atoms with Gasteiger partial charge in [-0.2, -0.15) is 0 Å². The highest BCUT2D eigenvalue weighted by Gasteiger charge is 2.46. The molecule has 2 saturated heterocycles. The minimum atomic E-state index is -3.06. The van der Waals surface area contributed by atoms with E-state index in [4.69, 9.17) is 5.11 Å². The first-order chi connectivity index (χ1) is 7.82. The molecule has 1 amide bonds. The lowest BCUT2D eigenvalue weighted by Gasteiger charge is -2.28. The minimum absolute atomic E-state index is 0.0208. The van der Waals surface area contributed by atoms with Gasteiger partial charge in [0.25, 0.3) is 0 Å². The molecule has 2 aliphatic heterocycles. The van der Waals surface area contributed by atoms with Gasteiger partial charge in [-0.3, -0.25) is 9.59 Å². The normalized spacial score (nSPS) is 36.4. The quantitative estimate of drug-likeness (QED) is 0.723. The van der Waals surface area contributed by atoms with Crippen LogP contribution in [0.3, 0.4) is 0 Å². The number of carbonyl (C=O) groups excluding carboxylic acids is 1. The molecule has 2 rings (SSSR count). The van der Waals surface area contributed by atoms with Crippen molar-refractivity contribution in [1.29, 1.82) is 0 Å². The summed E-state index contributed by atoms with van der Waals surface area (Å²) < 4.78 is 22.7. The fourth-order valence-electron chi connectivity index (χ4n) is 2.71. The molecular formula is C10H15NO5S. The molecular weight excluding hydrogens is 246 g/mol. The number of hydrogen-bond donors (Lipinski definition) is 1. The van der Waals surface area contributed by atoms with Gasteiger partial charge in [0.15, 0.2) is 9.84 Å². The van der Waals surface area contributed by atoms with Crippen LogP contribution in [-0.4, -0.2) is 53.9 Å². The van der Waals surface area contributed by atoms with Crippen LogP contribution in [0.4, 0.5) is 0 Å². The molecule has 17 heavy (non-hydrogen) atoms. The van der Waals surface area contributed by atoms with E-state index in [1.54, 1.807) is 6.92 Å². The Bertz CT molecular complexity index is 457. The number of hydrogen-bond acceptors (Lipinski definition) is 4. The summed E-state index contributed by atoms with van der Waals surface area (Å²) in [5.41, 5.74) is 0. The Morgan fingerprint density at radius 3 is 2.53 bits per heavy atom. The lowest BCUT2D eigenvalue weighted by molar-refractivity contribution is -0.142. The topological polar surface area (TPSA) is 91.8 Å². The number of aliphatic carboxylic acids is 1. The fraction of sp³-hybridized carbons (Fsp3) is 0.800. The Kier molecular flexibility index (Phi) is 2.89. The van der Waals surface area contributed by atoms with Gasteiger partial charge in [-0.1, -0.05) is 0 Å². The molecule has 0 spiro atoms. The number of likely N-dealkylation sites (tertiary alicyclic amines) is 1. The largest absolute Gasteiger partial charge is 0.481 e. The third-order valence-corrected chi connectivity index (χ3v) is 5.37. The lowest BCUT2D eigenvalue weighted by Crippen LogP contribution is -2.43. The number of carboxylic acids is 1. The summed E-state index contributed by atoms with van der Waals surface area (Å²) in [6.45, 7) is 1.68. The zero-order chi connectivity index (χ0) is 12.8. The van der Waals surface area contributed by atoms with E-state index < -0.39 is 27.8 Å². The molecule has 0 aliphatic carbocycles. The fourth-order valence-corrected chi connectivity index (χ4v) is 4.42. The van der Waals surface area contributed by atoms with Crippen molar-refractivity contribution in [3.8, 4) is 0 Å². The van der Waals surface area contributed by atoms with Crippen LogP contribution in [0.1, 0.15) is 19.8 Å². The molecule has 7 heteroatoms. The average Bonchev–Trinajstić information content (AvgIpc) is 2.67. The van der Waals surface area contributed by atoms with Crippen molar-refractivity contribution in [2.24, 2.45) is 5.92 Å². The second kappa shape index (κ2) is 3.97. The third-order valence-electron chi connectivity index (χ3n) is 3.62. The van der Waals surface area contributed by atoms with Crippen molar-refractivity contribution in [2.45, 2.75) is 31.8 Å². The van der Waals surface area contributed by atoms with Crippen molar-refractivity contribution < 1.29 is 23.1 Å². The zero-order valence-electron chi connectivity index (χ0n) is 9.50. The number of amides is 1. The summed E-state index contributed by atoms with van der Waals surface area (Å²) >= 11 is 0. The van der Waals surface area contributed by atoms with Crippen LogP contribution in [0, 0.1) is 5.92 Å². The van der Waals surface area contributed by atoms with E-state index in [1.165, 1.54) is 4.90 Å². The van der Waals surface area contributed by atoms with Crippen LogP contribution >= 0.6 is 0 Å². The Hall–Kier alpha value is -1.11. The molecule has 0 radical (unpaired) electrons. The first-order valence-electron chi connectivity index (χ1n) is 5.56. The van der Waals surface area contributed by atoms with E-state index >= 15 is 0 Å². The summed E-state index contributed by atoms with van der Waals surface area (Å²) in [5, 5.41) is 8.97. The van der Waals surface area contributed by atoms with Gasteiger partial charge >= 0.3 is 5.97 Å². The molecule has 2 heterocycles. The molecule has 3 unspecified atom stereocenters. The Morgan fingerprint density at radius 2 is 2.12 bits per heavy atom. The maximum absolute atomic E-state index is 11.8. The van der Waals surface area contributed by atoms with Crippen LogP contribution in [0.5, 0.6) is 0 Å². The van der Waals surface area contributed by atoms with Gasteiger partial charge in [-0.05, 0) is 13.3 Å². The highest BCUT2D eigenvalue weighted by atomic mass is 32.2. The maximum atomic E-state index is 11.8. The van der Waals surface area contributed by atoms with E-state index in [-0.39, 0.29) is 29.9 Å². The van der Waals surface area contributed by atoms with Gasteiger partial charge in [0.2, 0.25) is 5.91 Å². The van der Waals surface area contributed by atoms with Crippen molar-refractivity contribution in [2.75, 3.05) is 11.5 Å². The monoisotopic (exact) mass is 261 g/mol. The number of carbonyl (C=O) groups is 2. The highest BCUT2D eigenvalue weighted by molar-refractivity contribution is 7.91. The number of rotatable bonds is 2. The van der Waals surface area contributed by atoms with Crippen LogP contribution in [0.15, 0.2) is 0 Å². The van der Waals surface area contributed by atoms with Crippen molar-refractivity contribution >= 4 is 21.7 Å². The number of nitrogens with zero attached hydrogens (tertiary/aromatic N) is 1. The molecule has 0 aromatic rings. The van der Waals surface area contributed by atoms with Crippen LogP contribution in [0.25, 0.3) is 0 Å². The van der Waals surface area contributed by atoms with Crippen molar-refractivity contribution in [3.05, 3.63) is 0 Å². The smallest absolute Gasteiger partial charge is 0.309 e. The maximum Gasteiger partial charge on any atom is 0.309 e. The van der Waals surface area contributed by atoms with E-state index in [9.17, 15) is 18.0 Å². The minimum Gasteiger partial charge on any atom is -0.481 e. The molecule has 0 saturated carbocycles. The molecule has 2 fully saturated rings. The molecule has 0 aromatic heterocycles. The van der Waals surface area contributed by atoms with Crippen LogP contribution in [-0.2, 0) is 19.4 Å². The Balaban J connectivity index is 2.17. The number of sulfone groups is 1. The molecule has 1 N–H and O–H groups in total. The second-order valence-electron chi connectivity index (χ2n) is 4.75. The van der Waals surface area contributed by atoms with E-state index in [0.29, 0.717) is 6.42 Å². The summed E-state index contributed by atoms with van der Waals surface area (Å²) in [4.78, 5) is 24.2. The van der Waals surface area contributed by atoms with E-state index in [2.05, 4.69) is 0 Å². The lowest BCUT2D eigenvalue weighted by atomic mass is 10.0. The van der Waals surface area contributed by atoms with Crippen LogP contribution in [0.2, 0.25) is 0 Å². The standard InChI is InChI=1S/C10H15NO5S/c1-6-8(10(13)14)4-9(12)11(6)7-2-3-17(15,16)5-7/h6-8H,2-5H2,1H3,(H,13,14). The van der Waals surface area contributed by atoms with Gasteiger partial charge in [0, 0.05) is 18.5 Å². The van der Waals surface area contributed by atoms with E-state index in [0.717, 1.165) is 0 Å². The van der Waals surface area contributed by atoms with Crippen molar-refractivity contribution in [3.63, 3.8) is 0 Å². The van der Waals surface area contributed by atoms with E-state index in [1.807, 2.05) is 0 Å². The molecule has 3 atom stereocenters. The van der Waals surface area contributed by atoms with Gasteiger partial charge < -0.3 is 10.0 Å².